The van der Waals surface area contributed by atoms with E-state index < -0.39 is 10.0 Å². The molecule has 19 nitrogen and oxygen atoms in total. The summed E-state index contributed by atoms with van der Waals surface area (Å²) in [5, 5.41) is 26.5. The summed E-state index contributed by atoms with van der Waals surface area (Å²) in [6.45, 7) is 86.2. The first-order valence-electron chi connectivity index (χ1n) is 46.8. The summed E-state index contributed by atoms with van der Waals surface area (Å²) in [6.07, 6.45) is 25.8. The van der Waals surface area contributed by atoms with Crippen molar-refractivity contribution < 1.29 is 13.2 Å². The SMILES string of the molecule is C1CCNC1.C1CCNCC1.C1CNC1.CC(C)C.CC(C)C.CC(C)C.CC(C)N1CC2CC1CN2.CC(C)N1CC2CCC1CC2.CC(C)N1CC2CCC1CC2.CC(C)N1CC2CCC1CN2.CC(C)N1CCCNCC1.CC(C)N1CCNCC1.CC(C)N1CCNCCS1(=O)=O.CC(C)N1CCOCC1. The second kappa shape index (κ2) is 62.4. The van der Waals surface area contributed by atoms with E-state index in [9.17, 15) is 8.42 Å². The van der Waals surface area contributed by atoms with Crippen LogP contribution in [0.3, 0.4) is 0 Å². The van der Waals surface area contributed by atoms with Gasteiger partial charge >= 0.3 is 0 Å². The predicted molar refractivity (Wildman–Crippen MR) is 482 cm³/mol. The summed E-state index contributed by atoms with van der Waals surface area (Å²) in [6, 6.07) is 10.4. The van der Waals surface area contributed by atoms with E-state index in [0.29, 0.717) is 19.1 Å². The largest absolute Gasteiger partial charge is 0.379 e. The lowest BCUT2D eigenvalue weighted by atomic mass is 9.79. The van der Waals surface area contributed by atoms with Crippen molar-refractivity contribution in [1.29, 1.82) is 0 Å². The third kappa shape index (κ3) is 49.0. The van der Waals surface area contributed by atoms with E-state index in [1.54, 1.807) is 4.31 Å². The van der Waals surface area contributed by atoms with Crippen LogP contribution < -0.4 is 42.5 Å². The summed E-state index contributed by atoms with van der Waals surface area (Å²) in [5.41, 5.74) is 0. The Morgan fingerprint density at radius 3 is 0.882 bits per heavy atom. The third-order valence-corrected chi connectivity index (χ3v) is 25.3. The number of sulfonamides is 1. The molecule has 8 N–H and O–H groups in total. The number of nitrogens with one attached hydrogen (secondary N) is 8. The van der Waals surface area contributed by atoms with Crippen LogP contribution in [0.4, 0.5) is 0 Å². The summed E-state index contributed by atoms with van der Waals surface area (Å²) in [4.78, 5) is 18.1. The Kier molecular flexibility index (Phi) is 59.8. The molecule has 20 heteroatoms. The van der Waals surface area contributed by atoms with Gasteiger partial charge in [0.15, 0.2) is 0 Å². The number of rotatable bonds is 8. The summed E-state index contributed by atoms with van der Waals surface area (Å²) < 4.78 is 29.8. The zero-order valence-corrected chi connectivity index (χ0v) is 78.5. The van der Waals surface area contributed by atoms with Crippen molar-refractivity contribution in [2.75, 3.05) is 183 Å². The van der Waals surface area contributed by atoms with E-state index in [1.807, 2.05) is 13.8 Å². The zero-order chi connectivity index (χ0) is 82.0. The Bertz CT molecular complexity index is 2030. The maximum Gasteiger partial charge on any atom is 0.215 e. The Balaban J connectivity index is 0.000000408. The minimum Gasteiger partial charge on any atom is -0.379 e. The minimum absolute atomic E-state index is 0.0786. The van der Waals surface area contributed by atoms with E-state index >= 15 is 0 Å². The van der Waals surface area contributed by atoms with Crippen molar-refractivity contribution in [3.8, 4) is 0 Å². The van der Waals surface area contributed by atoms with Crippen molar-refractivity contribution in [2.45, 2.75) is 373 Å². The highest BCUT2D eigenvalue weighted by Gasteiger charge is 2.39. The first-order valence-corrected chi connectivity index (χ1v) is 48.4. The predicted octanol–water partition coefficient (Wildman–Crippen LogP) is 13.3. The highest BCUT2D eigenvalue weighted by molar-refractivity contribution is 7.89. The van der Waals surface area contributed by atoms with Crippen molar-refractivity contribution in [2.24, 2.45) is 29.6 Å². The molecule has 2 saturated carbocycles. The lowest BCUT2D eigenvalue weighted by Crippen LogP contribution is -2.62. The van der Waals surface area contributed by atoms with Gasteiger partial charge in [0.1, 0.15) is 0 Å². The van der Waals surface area contributed by atoms with Crippen LogP contribution in [0.25, 0.3) is 0 Å². The number of hydrogen-bond acceptors (Lipinski definition) is 18. The lowest BCUT2D eigenvalue weighted by Gasteiger charge is -2.47. The van der Waals surface area contributed by atoms with Gasteiger partial charge in [-0.25, -0.2) is 8.42 Å². The van der Waals surface area contributed by atoms with Crippen LogP contribution in [0.1, 0.15) is 289 Å². The first-order chi connectivity index (χ1) is 52.2. The van der Waals surface area contributed by atoms with Gasteiger partial charge in [0, 0.05) is 196 Å². The molecule has 18 rings (SSSR count). The van der Waals surface area contributed by atoms with Crippen LogP contribution in [-0.4, -0.2) is 314 Å². The molecule has 4 unspecified atom stereocenters. The zero-order valence-electron chi connectivity index (χ0n) is 77.7. The molecule has 0 amide bonds. The van der Waals surface area contributed by atoms with E-state index in [4.69, 9.17) is 4.74 Å². The molecule has 16 heterocycles. The van der Waals surface area contributed by atoms with Crippen molar-refractivity contribution >= 4 is 10.0 Å². The van der Waals surface area contributed by atoms with Crippen LogP contribution in [-0.2, 0) is 14.8 Å². The quantitative estimate of drug-likeness (QED) is 0.116. The van der Waals surface area contributed by atoms with E-state index in [0.717, 1.165) is 155 Å². The summed E-state index contributed by atoms with van der Waals surface area (Å²) in [5.74, 6) is 4.82. The molecule has 18 aliphatic rings. The molecule has 0 aromatic rings. The molecular weight excluding hydrogens is 1390 g/mol. The van der Waals surface area contributed by atoms with Gasteiger partial charge < -0.3 is 47.3 Å². The van der Waals surface area contributed by atoms with Gasteiger partial charge in [0.2, 0.25) is 10.0 Å². The number of hydrogen-bond donors (Lipinski definition) is 8. The Hall–Kier alpha value is -0.730. The van der Waals surface area contributed by atoms with Crippen molar-refractivity contribution in [3.63, 3.8) is 0 Å². The maximum absolute atomic E-state index is 11.5. The molecule has 18 fully saturated rings. The molecule has 16 aliphatic heterocycles. The average Bonchev–Trinajstić information content (AvgIpc) is 1.38. The van der Waals surface area contributed by atoms with Gasteiger partial charge in [-0.1, -0.05) is 68.7 Å². The molecule has 16 saturated heterocycles. The van der Waals surface area contributed by atoms with Crippen LogP contribution in [0.15, 0.2) is 0 Å². The number of piperidine rings is 7. The van der Waals surface area contributed by atoms with Crippen molar-refractivity contribution in [3.05, 3.63) is 0 Å². The minimum atomic E-state index is -2.99. The average molecular weight is 1580 g/mol. The summed E-state index contributed by atoms with van der Waals surface area (Å²) >= 11 is 0. The van der Waals surface area contributed by atoms with Gasteiger partial charge in [-0.2, -0.15) is 4.31 Å². The number of fused-ring (bicyclic) bond motifs is 11. The molecular formula is C90H194N16O3S. The molecule has 0 aromatic heterocycles. The maximum atomic E-state index is 11.5. The number of morpholine rings is 1. The third-order valence-electron chi connectivity index (χ3n) is 23.3. The van der Waals surface area contributed by atoms with Crippen LogP contribution in [0, 0.1) is 29.6 Å². The first kappa shape index (κ1) is 105. The fourth-order valence-electron chi connectivity index (χ4n) is 16.7. The highest BCUT2D eigenvalue weighted by Crippen LogP contribution is 2.37. The molecule has 658 valence electrons. The second-order valence-electron chi connectivity index (χ2n) is 38.5. The van der Waals surface area contributed by atoms with E-state index in [-0.39, 0.29) is 11.8 Å². The smallest absolute Gasteiger partial charge is 0.215 e. The van der Waals surface area contributed by atoms with Crippen LogP contribution >= 0.6 is 0 Å². The fourth-order valence-corrected chi connectivity index (χ4v) is 18.4. The van der Waals surface area contributed by atoms with Crippen LogP contribution in [0.5, 0.6) is 0 Å². The molecule has 4 atom stereocenters. The Labute approximate surface area is 686 Å². The fraction of sp³-hybridized carbons (Fsp3) is 1.00. The normalized spacial score (nSPS) is 28.1. The highest BCUT2D eigenvalue weighted by atomic mass is 32.2. The lowest BCUT2D eigenvalue weighted by molar-refractivity contribution is 0.0238. The molecule has 0 radical (unpaired) electrons. The Morgan fingerprint density at radius 2 is 0.609 bits per heavy atom. The van der Waals surface area contributed by atoms with Crippen molar-refractivity contribution in [1.82, 2.24) is 81.1 Å². The molecule has 2 aliphatic carbocycles. The van der Waals surface area contributed by atoms with Gasteiger partial charge in [-0.15, -0.1) is 0 Å². The monoisotopic (exact) mass is 1580 g/mol. The van der Waals surface area contributed by atoms with Gasteiger partial charge in [-0.05, 0) is 302 Å². The van der Waals surface area contributed by atoms with E-state index in [1.165, 1.54) is 227 Å². The molecule has 0 aromatic carbocycles. The van der Waals surface area contributed by atoms with Crippen LogP contribution in [0.2, 0.25) is 0 Å². The molecule has 0 spiro atoms. The van der Waals surface area contributed by atoms with Gasteiger partial charge in [-0.3, -0.25) is 34.3 Å². The summed E-state index contributed by atoms with van der Waals surface area (Å²) in [7, 11) is -2.99. The topological polar surface area (TPSA) is 166 Å². The standard InChI is InChI=1S/2C10H19N.C9H18N2.C8H16N2.C8H18N2.C7H16N2O2S.C7H16N2.C7H15NO.C5H11N.C4H9N.3C4H10.C3H7N/c2*1-8(2)11-7-9-3-5-10(11)6-4-9;1-7(2)11-6-8-3-4-9(11)5-10-8;1-6(2)10-5-7-3-8(10)4-9-7;1-8(2)10-6-3-4-9-5-7-10;1-7(2)9-5-3-8-4-6-12(9,10)11;1-7(2)9-5-3-8-4-6-9;1-7(2)8-3-5-9-6-4-8;1-2-4-6-5-3-1;1-2-4-5-3-1;3*1-4(2)3;1-2-4-3-1/h2*8-10H,3-7H2,1-2H3;7-10H,3-6H2,1-2H3;6-9H,3-5H2,1-2H3;8-9H,3-7H2,1-2H3;7-8H,3-6H2,1-2H3;7-8H,3-6H2,1-2H3;7H,3-6H2,1-2H3;6H,1-5H2;5H,1-4H2;3*4H,1-3H3;4H,1-3H2. The second-order valence-corrected chi connectivity index (χ2v) is 40.6. The van der Waals surface area contributed by atoms with Gasteiger partial charge in [0.05, 0.1) is 19.0 Å². The van der Waals surface area contributed by atoms with Gasteiger partial charge in [0.25, 0.3) is 0 Å². The molecule has 8 bridgehead atoms. The number of ether oxygens (including phenoxy) is 1. The number of piperazine rings is 3. The number of likely N-dealkylation sites (tertiary alicyclic amines) is 1. The van der Waals surface area contributed by atoms with E-state index in [2.05, 4.69) is 236 Å². The molecule has 110 heavy (non-hydrogen) atoms. The Morgan fingerprint density at radius 1 is 0.291 bits per heavy atom. The number of nitrogens with zero attached hydrogens (tertiary/aromatic N) is 8.